The quantitative estimate of drug-likeness (QED) is 0.670. The normalized spacial score (nSPS) is 11.5. The highest BCUT2D eigenvalue weighted by atomic mass is 32.1. The molecule has 1 N–H and O–H groups in total. The van der Waals surface area contributed by atoms with E-state index in [1.807, 2.05) is 24.4 Å². The predicted octanol–water partition coefficient (Wildman–Crippen LogP) is 1.79. The summed E-state index contributed by atoms with van der Waals surface area (Å²) >= 11 is 1.64. The Bertz CT molecular complexity index is 613. The van der Waals surface area contributed by atoms with Crippen LogP contribution in [0.5, 0.6) is 0 Å². The van der Waals surface area contributed by atoms with Crippen LogP contribution in [0.1, 0.15) is 16.3 Å². The molecule has 0 saturated heterocycles. The highest BCUT2D eigenvalue weighted by Crippen LogP contribution is 2.21. The molecule has 0 fully saturated rings. The molecular weight excluding hydrogens is 262 g/mol. The van der Waals surface area contributed by atoms with Crippen LogP contribution in [0.4, 0.5) is 0 Å². The SMILES string of the molecule is COCCNC(=O)C=Cc1c(C)nc2sc(C)cn12. The summed E-state index contributed by atoms with van der Waals surface area (Å²) in [5, 5.41) is 2.74. The number of ether oxygens (including phenoxy) is 1. The van der Waals surface area contributed by atoms with Crippen LogP contribution in [0.3, 0.4) is 0 Å². The van der Waals surface area contributed by atoms with Crippen LogP contribution in [-0.4, -0.2) is 35.6 Å². The van der Waals surface area contributed by atoms with Gasteiger partial charge in [-0.1, -0.05) is 0 Å². The fourth-order valence-electron chi connectivity index (χ4n) is 1.77. The van der Waals surface area contributed by atoms with Gasteiger partial charge in [0.2, 0.25) is 5.91 Å². The van der Waals surface area contributed by atoms with Crippen LogP contribution in [0.25, 0.3) is 11.0 Å². The van der Waals surface area contributed by atoms with Crippen molar-refractivity contribution in [2.24, 2.45) is 0 Å². The smallest absolute Gasteiger partial charge is 0.244 e. The van der Waals surface area contributed by atoms with Crippen molar-refractivity contribution in [2.75, 3.05) is 20.3 Å². The second-order valence-electron chi connectivity index (χ2n) is 4.19. The van der Waals surface area contributed by atoms with Crippen LogP contribution < -0.4 is 5.32 Å². The van der Waals surface area contributed by atoms with Crippen LogP contribution in [0.15, 0.2) is 12.3 Å². The van der Waals surface area contributed by atoms with Crippen LogP contribution in [-0.2, 0) is 9.53 Å². The number of nitrogens with zero attached hydrogens (tertiary/aromatic N) is 2. The zero-order chi connectivity index (χ0) is 13.8. The molecule has 0 spiro atoms. The molecule has 2 aromatic rings. The van der Waals surface area contributed by atoms with Crippen molar-refractivity contribution >= 4 is 28.3 Å². The summed E-state index contributed by atoms with van der Waals surface area (Å²) in [5.74, 6) is -0.127. The molecule has 0 aromatic carbocycles. The van der Waals surface area contributed by atoms with Gasteiger partial charge in [-0.15, -0.1) is 11.3 Å². The molecular formula is C13H17N3O2S. The van der Waals surface area contributed by atoms with E-state index < -0.39 is 0 Å². The maximum atomic E-state index is 11.6. The van der Waals surface area contributed by atoms with Gasteiger partial charge in [0.15, 0.2) is 4.96 Å². The topological polar surface area (TPSA) is 55.6 Å². The van der Waals surface area contributed by atoms with Gasteiger partial charge in [-0.3, -0.25) is 9.20 Å². The molecule has 102 valence electrons. The first-order chi connectivity index (χ1) is 9.11. The molecule has 0 aliphatic rings. The molecule has 0 unspecified atom stereocenters. The summed E-state index contributed by atoms with van der Waals surface area (Å²) in [6.45, 7) is 5.01. The number of fused-ring (bicyclic) bond motifs is 1. The Labute approximate surface area is 115 Å². The Hall–Kier alpha value is -1.66. The third-order valence-electron chi connectivity index (χ3n) is 2.66. The number of rotatable bonds is 5. The van der Waals surface area contributed by atoms with Crippen LogP contribution in [0, 0.1) is 13.8 Å². The minimum absolute atomic E-state index is 0.127. The van der Waals surface area contributed by atoms with Crippen molar-refractivity contribution in [3.05, 3.63) is 28.5 Å². The number of hydrogen-bond acceptors (Lipinski definition) is 4. The Morgan fingerprint density at radius 3 is 3.11 bits per heavy atom. The fraction of sp³-hybridized carbons (Fsp3) is 0.385. The molecule has 0 bridgehead atoms. The van der Waals surface area contributed by atoms with Gasteiger partial charge in [-0.05, 0) is 19.9 Å². The fourth-order valence-corrected chi connectivity index (χ4v) is 2.65. The van der Waals surface area contributed by atoms with Gasteiger partial charge >= 0.3 is 0 Å². The van der Waals surface area contributed by atoms with E-state index in [-0.39, 0.29) is 5.91 Å². The van der Waals surface area contributed by atoms with E-state index in [0.717, 1.165) is 16.3 Å². The van der Waals surface area contributed by atoms with Gasteiger partial charge in [-0.2, -0.15) is 0 Å². The predicted molar refractivity (Wildman–Crippen MR) is 76.5 cm³/mol. The summed E-state index contributed by atoms with van der Waals surface area (Å²) in [6, 6.07) is 0. The number of carbonyl (C=O) groups is 1. The average Bonchev–Trinajstić information content (AvgIpc) is 2.82. The van der Waals surface area contributed by atoms with Crippen molar-refractivity contribution in [1.29, 1.82) is 0 Å². The lowest BCUT2D eigenvalue weighted by Gasteiger charge is -1.99. The van der Waals surface area contributed by atoms with Gasteiger partial charge < -0.3 is 10.1 Å². The number of amides is 1. The Balaban J connectivity index is 2.11. The van der Waals surface area contributed by atoms with Crippen LogP contribution in [0.2, 0.25) is 0 Å². The minimum Gasteiger partial charge on any atom is -0.383 e. The summed E-state index contributed by atoms with van der Waals surface area (Å²) in [5.41, 5.74) is 1.87. The summed E-state index contributed by atoms with van der Waals surface area (Å²) in [6.07, 6.45) is 5.35. The molecule has 2 rings (SSSR count). The maximum Gasteiger partial charge on any atom is 0.244 e. The van der Waals surface area contributed by atoms with E-state index in [4.69, 9.17) is 4.74 Å². The van der Waals surface area contributed by atoms with Gasteiger partial charge in [-0.25, -0.2) is 4.98 Å². The number of aromatic nitrogens is 2. The van der Waals surface area contributed by atoms with Crippen molar-refractivity contribution in [3.63, 3.8) is 0 Å². The standard InChI is InChI=1S/C13H17N3O2S/c1-9-8-16-11(10(2)15-13(16)19-9)4-5-12(17)14-6-7-18-3/h4-5,8H,6-7H2,1-3H3,(H,14,17). The molecule has 5 nitrogen and oxygen atoms in total. The molecule has 2 heterocycles. The lowest BCUT2D eigenvalue weighted by atomic mass is 10.3. The largest absolute Gasteiger partial charge is 0.383 e. The van der Waals surface area contributed by atoms with E-state index >= 15 is 0 Å². The van der Waals surface area contributed by atoms with Gasteiger partial charge in [0.05, 0.1) is 18.0 Å². The van der Waals surface area contributed by atoms with E-state index in [2.05, 4.69) is 10.3 Å². The second kappa shape index (κ2) is 5.99. The van der Waals surface area contributed by atoms with E-state index in [9.17, 15) is 4.79 Å². The van der Waals surface area contributed by atoms with E-state index in [1.165, 1.54) is 11.0 Å². The first-order valence-electron chi connectivity index (χ1n) is 6.01. The lowest BCUT2D eigenvalue weighted by molar-refractivity contribution is -0.116. The molecule has 0 aliphatic heterocycles. The number of carbonyl (C=O) groups excluding carboxylic acids is 1. The molecule has 0 aliphatic carbocycles. The monoisotopic (exact) mass is 279 g/mol. The molecule has 0 saturated carbocycles. The van der Waals surface area contributed by atoms with Crippen molar-refractivity contribution < 1.29 is 9.53 Å². The average molecular weight is 279 g/mol. The first kappa shape index (κ1) is 13.8. The number of nitrogens with one attached hydrogen (secondary N) is 1. The summed E-state index contributed by atoms with van der Waals surface area (Å²) in [4.78, 5) is 18.2. The summed E-state index contributed by atoms with van der Waals surface area (Å²) in [7, 11) is 1.60. The van der Waals surface area contributed by atoms with Gasteiger partial charge in [0.25, 0.3) is 0 Å². The highest BCUT2D eigenvalue weighted by Gasteiger charge is 2.08. The lowest BCUT2D eigenvalue weighted by Crippen LogP contribution is -2.24. The van der Waals surface area contributed by atoms with Crippen molar-refractivity contribution in [3.8, 4) is 0 Å². The number of hydrogen-bond donors (Lipinski definition) is 1. The Morgan fingerprint density at radius 2 is 2.37 bits per heavy atom. The number of methoxy groups -OCH3 is 1. The van der Waals surface area contributed by atoms with Crippen molar-refractivity contribution in [2.45, 2.75) is 13.8 Å². The maximum absolute atomic E-state index is 11.6. The van der Waals surface area contributed by atoms with E-state index in [0.29, 0.717) is 13.2 Å². The zero-order valence-electron chi connectivity index (χ0n) is 11.3. The third-order valence-corrected chi connectivity index (χ3v) is 3.56. The molecule has 19 heavy (non-hydrogen) atoms. The van der Waals surface area contributed by atoms with E-state index in [1.54, 1.807) is 24.5 Å². The summed E-state index contributed by atoms with van der Waals surface area (Å²) < 4.78 is 6.88. The molecule has 2 aromatic heterocycles. The highest BCUT2D eigenvalue weighted by molar-refractivity contribution is 7.17. The number of aryl methyl sites for hydroxylation is 2. The second-order valence-corrected chi connectivity index (χ2v) is 5.41. The molecule has 0 atom stereocenters. The van der Waals surface area contributed by atoms with Crippen LogP contribution >= 0.6 is 11.3 Å². The first-order valence-corrected chi connectivity index (χ1v) is 6.83. The molecule has 1 amide bonds. The Kier molecular flexibility index (Phi) is 4.34. The zero-order valence-corrected chi connectivity index (χ0v) is 12.1. The molecule has 0 radical (unpaired) electrons. The van der Waals surface area contributed by atoms with Gasteiger partial charge in [0, 0.05) is 30.8 Å². The third kappa shape index (κ3) is 3.21. The number of imidazole rings is 1. The molecule has 6 heteroatoms. The van der Waals surface area contributed by atoms with Gasteiger partial charge in [0.1, 0.15) is 0 Å². The minimum atomic E-state index is -0.127. The Morgan fingerprint density at radius 1 is 1.58 bits per heavy atom. The van der Waals surface area contributed by atoms with Crippen molar-refractivity contribution in [1.82, 2.24) is 14.7 Å². The number of thiazole rings is 1.